The number of nitrogens with zero attached hydrogens (tertiary/aromatic N) is 7. The Bertz CT molecular complexity index is 1760. The summed E-state index contributed by atoms with van der Waals surface area (Å²) in [6.07, 6.45) is 3.66. The molecule has 1 aliphatic rings. The van der Waals surface area contributed by atoms with Crippen LogP contribution in [0.15, 0.2) is 73.7 Å². The van der Waals surface area contributed by atoms with Crippen LogP contribution in [0.2, 0.25) is 0 Å². The van der Waals surface area contributed by atoms with Crippen LogP contribution in [0.1, 0.15) is 18.4 Å². The first-order valence-corrected chi connectivity index (χ1v) is 13.6. The van der Waals surface area contributed by atoms with Crippen LogP contribution in [0.4, 0.5) is 34.5 Å². The summed E-state index contributed by atoms with van der Waals surface area (Å²) in [5.41, 5.74) is 0.262. The highest BCUT2D eigenvalue weighted by Gasteiger charge is 2.31. The van der Waals surface area contributed by atoms with E-state index in [0.717, 1.165) is 29.0 Å². The molecule has 4 heterocycles. The Labute approximate surface area is 245 Å². The van der Waals surface area contributed by atoms with E-state index in [1.807, 2.05) is 12.1 Å². The molecule has 0 bridgehead atoms. The average molecular weight is 608 g/mol. The van der Waals surface area contributed by atoms with Crippen LogP contribution in [0, 0.1) is 0 Å². The SMILES string of the molecule is O=C(Nc1cnc(Oc2ccc(-c3cnc(N4CCCC4=O)s3)cc2)nc1)Nc1cc(C(F)(F)F)ccc1-n1cnnc1. The topological polar surface area (TPSA) is 140 Å². The van der Waals surface area contributed by atoms with Gasteiger partial charge < -0.3 is 15.4 Å². The van der Waals surface area contributed by atoms with Gasteiger partial charge in [-0.2, -0.15) is 13.2 Å². The van der Waals surface area contributed by atoms with Crippen molar-refractivity contribution in [3.8, 4) is 27.9 Å². The third-order valence-corrected chi connectivity index (χ3v) is 7.37. The molecule has 3 aromatic heterocycles. The number of hydrogen-bond acceptors (Lipinski definition) is 9. The fourth-order valence-corrected chi connectivity index (χ4v) is 5.21. The maximum atomic E-state index is 13.3. The molecule has 218 valence electrons. The van der Waals surface area contributed by atoms with Gasteiger partial charge in [0.15, 0.2) is 5.13 Å². The zero-order chi connectivity index (χ0) is 30.0. The molecule has 43 heavy (non-hydrogen) atoms. The molecule has 6 rings (SSSR count). The molecule has 0 atom stereocenters. The van der Waals surface area contributed by atoms with Crippen molar-refractivity contribution in [2.75, 3.05) is 22.1 Å². The van der Waals surface area contributed by atoms with Gasteiger partial charge >= 0.3 is 18.2 Å². The number of amides is 3. The quantitative estimate of drug-likeness (QED) is 0.238. The van der Waals surface area contributed by atoms with Gasteiger partial charge in [-0.1, -0.05) is 11.3 Å². The number of thiazole rings is 1. The van der Waals surface area contributed by atoms with Crippen LogP contribution >= 0.6 is 11.3 Å². The fraction of sp³-hybridized carbons (Fsp3) is 0.148. The number of benzene rings is 2. The molecule has 1 saturated heterocycles. The molecule has 0 unspecified atom stereocenters. The molecule has 1 aliphatic heterocycles. The van der Waals surface area contributed by atoms with E-state index >= 15 is 0 Å². The number of ether oxygens (including phenoxy) is 1. The number of urea groups is 1. The first-order chi connectivity index (χ1) is 20.7. The highest BCUT2D eigenvalue weighted by atomic mass is 32.1. The highest BCUT2D eigenvalue weighted by Crippen LogP contribution is 2.35. The number of aromatic nitrogens is 6. The summed E-state index contributed by atoms with van der Waals surface area (Å²) >= 11 is 1.44. The minimum Gasteiger partial charge on any atom is -0.424 e. The molecule has 2 N–H and O–H groups in total. The van der Waals surface area contributed by atoms with E-state index in [4.69, 9.17) is 4.74 Å². The molecular weight excluding hydrogens is 587 g/mol. The van der Waals surface area contributed by atoms with E-state index < -0.39 is 17.8 Å². The molecule has 0 aliphatic carbocycles. The summed E-state index contributed by atoms with van der Waals surface area (Å²) in [6, 6.07) is 9.28. The van der Waals surface area contributed by atoms with Crippen molar-refractivity contribution in [1.29, 1.82) is 0 Å². The van der Waals surface area contributed by atoms with Crippen molar-refractivity contribution < 1.29 is 27.5 Å². The van der Waals surface area contributed by atoms with Crippen LogP contribution in [-0.2, 0) is 11.0 Å². The number of carbonyl (C=O) groups is 2. The van der Waals surface area contributed by atoms with Crippen molar-refractivity contribution in [2.24, 2.45) is 0 Å². The zero-order valence-electron chi connectivity index (χ0n) is 21.9. The van der Waals surface area contributed by atoms with E-state index in [1.165, 1.54) is 47.0 Å². The predicted octanol–water partition coefficient (Wildman–Crippen LogP) is 5.76. The molecule has 5 aromatic rings. The van der Waals surface area contributed by atoms with E-state index in [1.54, 1.807) is 23.2 Å². The van der Waals surface area contributed by atoms with Crippen LogP contribution in [0.3, 0.4) is 0 Å². The van der Waals surface area contributed by atoms with Gasteiger partial charge in [0.05, 0.1) is 39.9 Å². The van der Waals surface area contributed by atoms with Gasteiger partial charge in [-0.05, 0) is 54.4 Å². The second kappa shape index (κ2) is 11.5. The summed E-state index contributed by atoms with van der Waals surface area (Å²) in [4.78, 5) is 39.8. The van der Waals surface area contributed by atoms with Crippen molar-refractivity contribution in [1.82, 2.24) is 29.7 Å². The normalized spacial score (nSPS) is 13.3. The number of hydrogen-bond donors (Lipinski definition) is 2. The lowest BCUT2D eigenvalue weighted by Crippen LogP contribution is -2.23. The summed E-state index contributed by atoms with van der Waals surface area (Å²) in [6.45, 7) is 0.679. The molecule has 16 heteroatoms. The fourth-order valence-electron chi connectivity index (χ4n) is 4.25. The Hall–Kier alpha value is -5.38. The monoisotopic (exact) mass is 607 g/mol. The Kier molecular flexibility index (Phi) is 7.41. The van der Waals surface area contributed by atoms with Gasteiger partial charge in [-0.3, -0.25) is 14.3 Å². The molecule has 2 aromatic carbocycles. The molecule has 12 nitrogen and oxygen atoms in total. The number of halogens is 3. The maximum Gasteiger partial charge on any atom is 0.416 e. The van der Waals surface area contributed by atoms with E-state index in [-0.39, 0.29) is 29.0 Å². The van der Waals surface area contributed by atoms with Crippen LogP contribution in [0.25, 0.3) is 16.1 Å². The van der Waals surface area contributed by atoms with Gasteiger partial charge in [-0.25, -0.2) is 19.7 Å². The van der Waals surface area contributed by atoms with Gasteiger partial charge in [0.25, 0.3) is 0 Å². The Balaban J connectivity index is 1.08. The minimum absolute atomic E-state index is 0.0131. The standard InChI is InChI=1S/C27H20F3N9O3S/c28-27(29,30)17-5-8-21(38-14-34-35-15-38)20(10-17)37-24(41)36-18-11-31-25(32-12-18)42-19-6-3-16(4-7-19)22-13-33-26(43-22)39-9-1-2-23(39)40/h3-8,10-15H,1-2,9H2,(H2,36,37,41). The molecule has 1 fully saturated rings. The summed E-state index contributed by atoms with van der Waals surface area (Å²) in [7, 11) is 0. The predicted molar refractivity (Wildman–Crippen MR) is 150 cm³/mol. The van der Waals surface area contributed by atoms with Gasteiger partial charge in [-0.15, -0.1) is 10.2 Å². The Morgan fingerprint density at radius 1 is 0.953 bits per heavy atom. The lowest BCUT2D eigenvalue weighted by Gasteiger charge is -2.15. The molecule has 0 radical (unpaired) electrons. The van der Waals surface area contributed by atoms with Crippen molar-refractivity contribution in [3.05, 3.63) is 79.3 Å². The van der Waals surface area contributed by atoms with Crippen molar-refractivity contribution >= 4 is 39.8 Å². The summed E-state index contributed by atoms with van der Waals surface area (Å²) in [5.74, 6) is 0.549. The van der Waals surface area contributed by atoms with E-state index in [2.05, 4.69) is 35.8 Å². The molecule has 3 amide bonds. The number of anilines is 3. The third-order valence-electron chi connectivity index (χ3n) is 6.30. The van der Waals surface area contributed by atoms with Crippen molar-refractivity contribution in [3.63, 3.8) is 0 Å². The van der Waals surface area contributed by atoms with Crippen LogP contribution < -0.4 is 20.3 Å². The summed E-state index contributed by atoms with van der Waals surface area (Å²) < 4.78 is 46.9. The van der Waals surface area contributed by atoms with Crippen molar-refractivity contribution in [2.45, 2.75) is 19.0 Å². The maximum absolute atomic E-state index is 13.3. The number of nitrogens with one attached hydrogen (secondary N) is 2. The van der Waals surface area contributed by atoms with Gasteiger partial charge in [0, 0.05) is 19.2 Å². The first kappa shape index (κ1) is 27.8. The lowest BCUT2D eigenvalue weighted by atomic mass is 10.1. The van der Waals surface area contributed by atoms with Crippen LogP contribution in [-0.4, -0.2) is 48.2 Å². The third kappa shape index (κ3) is 6.28. The molecule has 0 saturated carbocycles. The van der Waals surface area contributed by atoms with Crippen LogP contribution in [0.5, 0.6) is 11.8 Å². The van der Waals surface area contributed by atoms with Gasteiger partial charge in [0.2, 0.25) is 5.91 Å². The first-order valence-electron chi connectivity index (χ1n) is 12.7. The Morgan fingerprint density at radius 2 is 1.70 bits per heavy atom. The lowest BCUT2D eigenvalue weighted by molar-refractivity contribution is -0.137. The second-order valence-electron chi connectivity index (χ2n) is 9.21. The largest absolute Gasteiger partial charge is 0.424 e. The average Bonchev–Trinajstić information content (AvgIpc) is 3.77. The number of alkyl halides is 3. The zero-order valence-corrected chi connectivity index (χ0v) is 22.8. The molecular formula is C27H20F3N9O3S. The highest BCUT2D eigenvalue weighted by molar-refractivity contribution is 7.19. The Morgan fingerprint density at radius 3 is 2.37 bits per heavy atom. The molecule has 0 spiro atoms. The van der Waals surface area contributed by atoms with Gasteiger partial charge in [0.1, 0.15) is 18.4 Å². The number of rotatable bonds is 7. The smallest absolute Gasteiger partial charge is 0.416 e. The summed E-state index contributed by atoms with van der Waals surface area (Å²) in [5, 5.41) is 12.9. The number of carbonyl (C=O) groups excluding carboxylic acids is 2. The minimum atomic E-state index is -4.61. The van der Waals surface area contributed by atoms with E-state index in [9.17, 15) is 22.8 Å². The van der Waals surface area contributed by atoms with E-state index in [0.29, 0.717) is 23.8 Å². The second-order valence-corrected chi connectivity index (χ2v) is 10.2.